The van der Waals surface area contributed by atoms with Crippen molar-refractivity contribution in [1.29, 1.82) is 0 Å². The van der Waals surface area contributed by atoms with Crippen molar-refractivity contribution in [2.45, 2.75) is 57.2 Å². The van der Waals surface area contributed by atoms with Crippen molar-refractivity contribution in [1.82, 2.24) is 10.2 Å². The van der Waals surface area contributed by atoms with E-state index >= 15 is 0 Å². The van der Waals surface area contributed by atoms with Gasteiger partial charge < -0.3 is 15.0 Å². The Morgan fingerprint density at radius 1 is 1.00 bits per heavy atom. The van der Waals surface area contributed by atoms with Crippen molar-refractivity contribution < 1.29 is 40.7 Å². The smallest absolute Gasteiger partial charge is 0.353 e. The molecule has 0 bridgehead atoms. The molecule has 11 heteroatoms. The van der Waals surface area contributed by atoms with Crippen LogP contribution in [0.4, 0.5) is 26.3 Å². The number of alkyl halides is 6. The second-order valence-corrected chi connectivity index (χ2v) is 8.89. The summed E-state index contributed by atoms with van der Waals surface area (Å²) in [6, 6.07) is 0.794. The van der Waals surface area contributed by atoms with Crippen molar-refractivity contribution >= 4 is 11.8 Å². The second kappa shape index (κ2) is 7.93. The number of benzene rings is 1. The summed E-state index contributed by atoms with van der Waals surface area (Å²) in [7, 11) is 0. The first-order chi connectivity index (χ1) is 14.5. The predicted molar refractivity (Wildman–Crippen MR) is 102 cm³/mol. The number of carbonyl (C=O) groups is 2. The van der Waals surface area contributed by atoms with Gasteiger partial charge in [-0.15, -0.1) is 0 Å². The molecule has 0 aromatic heterocycles. The molecular formula is C21H24F6N2O3. The second-order valence-electron chi connectivity index (χ2n) is 8.89. The molecule has 0 spiro atoms. The zero-order valence-electron chi connectivity index (χ0n) is 17.8. The lowest BCUT2D eigenvalue weighted by molar-refractivity contribution is -0.143. The van der Waals surface area contributed by atoms with Gasteiger partial charge in [0.1, 0.15) is 5.60 Å². The highest BCUT2D eigenvalue weighted by molar-refractivity contribution is 5.94. The molecule has 1 atom stereocenters. The van der Waals surface area contributed by atoms with E-state index in [0.717, 1.165) is 0 Å². The molecule has 2 amide bonds. The van der Waals surface area contributed by atoms with Crippen LogP contribution in [0.1, 0.15) is 55.1 Å². The number of amides is 2. The SMILES string of the molecule is CC1(C)OC1(C)C(=O)N1CCC(CNC(=O)c2cc(C(F)(F)F)cc(C(F)(F)F)c2)CC1. The van der Waals surface area contributed by atoms with E-state index in [1.54, 1.807) is 11.8 Å². The van der Waals surface area contributed by atoms with E-state index in [1.165, 1.54) is 0 Å². The Morgan fingerprint density at radius 3 is 1.88 bits per heavy atom. The van der Waals surface area contributed by atoms with E-state index < -0.39 is 46.2 Å². The molecule has 3 rings (SSSR count). The highest BCUT2D eigenvalue weighted by Crippen LogP contribution is 2.48. The zero-order chi connectivity index (χ0) is 24.1. The summed E-state index contributed by atoms with van der Waals surface area (Å²) < 4.78 is 83.4. The van der Waals surface area contributed by atoms with Crippen LogP contribution in [0.15, 0.2) is 18.2 Å². The number of carbonyl (C=O) groups excluding carboxylic acids is 2. The van der Waals surface area contributed by atoms with E-state index in [2.05, 4.69) is 5.32 Å². The summed E-state index contributed by atoms with van der Waals surface area (Å²) in [6.45, 7) is 6.31. The van der Waals surface area contributed by atoms with Crippen molar-refractivity contribution in [2.24, 2.45) is 5.92 Å². The van der Waals surface area contributed by atoms with Crippen LogP contribution in [-0.4, -0.2) is 47.6 Å². The number of hydrogen-bond donors (Lipinski definition) is 1. The summed E-state index contributed by atoms with van der Waals surface area (Å²) in [4.78, 5) is 26.6. The van der Waals surface area contributed by atoms with Crippen LogP contribution in [0, 0.1) is 5.92 Å². The van der Waals surface area contributed by atoms with Crippen molar-refractivity contribution in [3.63, 3.8) is 0 Å². The van der Waals surface area contributed by atoms with Gasteiger partial charge in [0.2, 0.25) is 0 Å². The van der Waals surface area contributed by atoms with Crippen LogP contribution in [0.25, 0.3) is 0 Å². The fraction of sp³-hybridized carbons (Fsp3) is 0.619. The van der Waals surface area contributed by atoms with Gasteiger partial charge in [-0.3, -0.25) is 9.59 Å². The average molecular weight is 466 g/mol. The van der Waals surface area contributed by atoms with Crippen molar-refractivity contribution in [2.75, 3.05) is 19.6 Å². The van der Waals surface area contributed by atoms with Crippen LogP contribution in [0.2, 0.25) is 0 Å². The monoisotopic (exact) mass is 466 g/mol. The van der Waals surface area contributed by atoms with Gasteiger partial charge >= 0.3 is 12.4 Å². The molecule has 0 saturated carbocycles. The lowest BCUT2D eigenvalue weighted by Crippen LogP contribution is -2.47. The van der Waals surface area contributed by atoms with Crippen LogP contribution in [0.5, 0.6) is 0 Å². The topological polar surface area (TPSA) is 61.9 Å². The maximum absolute atomic E-state index is 13.0. The third-order valence-corrected chi connectivity index (χ3v) is 6.28. The Balaban J connectivity index is 1.59. The largest absolute Gasteiger partial charge is 0.416 e. The summed E-state index contributed by atoms with van der Waals surface area (Å²) >= 11 is 0. The first-order valence-corrected chi connectivity index (χ1v) is 10.1. The minimum absolute atomic E-state index is 0.0190. The fourth-order valence-corrected chi connectivity index (χ4v) is 3.85. The molecule has 1 aromatic carbocycles. The lowest BCUT2D eigenvalue weighted by Gasteiger charge is -2.33. The van der Waals surface area contributed by atoms with Crippen LogP contribution in [-0.2, 0) is 21.9 Å². The summed E-state index contributed by atoms with van der Waals surface area (Å²) in [5, 5.41) is 2.42. The van der Waals surface area contributed by atoms with E-state index in [0.29, 0.717) is 38.1 Å². The van der Waals surface area contributed by atoms with Crippen LogP contribution in [0.3, 0.4) is 0 Å². The Labute approximate surface area is 181 Å². The highest BCUT2D eigenvalue weighted by Gasteiger charge is 2.66. The minimum Gasteiger partial charge on any atom is -0.353 e. The number of likely N-dealkylation sites (tertiary alicyclic amines) is 1. The van der Waals surface area contributed by atoms with Gasteiger partial charge in [0.25, 0.3) is 11.8 Å². The Kier molecular flexibility index (Phi) is 6.03. The first-order valence-electron chi connectivity index (χ1n) is 10.1. The first kappa shape index (κ1) is 24.3. The van der Waals surface area contributed by atoms with Gasteiger partial charge in [-0.2, -0.15) is 26.3 Å². The number of piperidine rings is 1. The normalized spacial score (nSPS) is 23.7. The van der Waals surface area contributed by atoms with Gasteiger partial charge in [-0.25, -0.2) is 0 Å². The van der Waals surface area contributed by atoms with Gasteiger partial charge in [-0.1, -0.05) is 0 Å². The average Bonchev–Trinajstić information content (AvgIpc) is 3.23. The summed E-state index contributed by atoms with van der Waals surface area (Å²) in [5.74, 6) is -1.19. The molecule has 2 heterocycles. The molecule has 1 aromatic rings. The number of rotatable bonds is 4. The molecule has 5 nitrogen and oxygen atoms in total. The Bertz CT molecular complexity index is 872. The molecular weight excluding hydrogens is 442 g/mol. The molecule has 2 fully saturated rings. The standard InChI is InChI=1S/C21H24F6N2O3/c1-18(2)19(3,32-18)17(31)29-6-4-12(5-7-29)11-28-16(30)13-8-14(20(22,23)24)10-15(9-13)21(25,26)27/h8-10,12H,4-7,11H2,1-3H3,(H,28,30). The van der Waals surface area contributed by atoms with E-state index in [9.17, 15) is 35.9 Å². The van der Waals surface area contributed by atoms with Gasteiger partial charge in [0.15, 0.2) is 5.60 Å². The quantitative estimate of drug-likeness (QED) is 0.533. The third kappa shape index (κ3) is 4.87. The lowest BCUT2D eigenvalue weighted by atomic mass is 9.92. The predicted octanol–water partition coefficient (Wildman–Crippen LogP) is 4.26. The zero-order valence-corrected chi connectivity index (χ0v) is 17.8. The number of nitrogens with one attached hydrogen (secondary N) is 1. The van der Waals surface area contributed by atoms with Gasteiger partial charge in [0.05, 0.1) is 11.1 Å². The number of epoxide rings is 1. The van der Waals surface area contributed by atoms with Crippen LogP contribution < -0.4 is 5.32 Å². The maximum Gasteiger partial charge on any atom is 0.416 e. The van der Waals surface area contributed by atoms with Crippen molar-refractivity contribution in [3.05, 3.63) is 34.9 Å². The highest BCUT2D eigenvalue weighted by atomic mass is 19.4. The molecule has 32 heavy (non-hydrogen) atoms. The summed E-state index contributed by atoms with van der Waals surface area (Å²) in [5.41, 5.74) is -5.19. The number of halogens is 6. The molecule has 0 radical (unpaired) electrons. The molecule has 178 valence electrons. The molecule has 2 saturated heterocycles. The van der Waals surface area contributed by atoms with Gasteiger partial charge in [0, 0.05) is 25.2 Å². The Morgan fingerprint density at radius 2 is 1.47 bits per heavy atom. The molecule has 2 aliphatic rings. The van der Waals surface area contributed by atoms with E-state index in [-0.39, 0.29) is 24.4 Å². The summed E-state index contributed by atoms with van der Waals surface area (Å²) in [6.07, 6.45) is -8.96. The number of ether oxygens (including phenoxy) is 1. The van der Waals surface area contributed by atoms with Crippen LogP contribution >= 0.6 is 0 Å². The maximum atomic E-state index is 13.0. The molecule has 1 N–H and O–H groups in total. The number of nitrogens with zero attached hydrogens (tertiary/aromatic N) is 1. The van der Waals surface area contributed by atoms with E-state index in [1.807, 2.05) is 13.8 Å². The van der Waals surface area contributed by atoms with Crippen molar-refractivity contribution in [3.8, 4) is 0 Å². The minimum atomic E-state index is -5.02. The molecule has 1 unspecified atom stereocenters. The number of hydrogen-bond acceptors (Lipinski definition) is 3. The Hall–Kier alpha value is -2.30. The van der Waals surface area contributed by atoms with E-state index in [4.69, 9.17) is 4.74 Å². The van der Waals surface area contributed by atoms with Gasteiger partial charge in [-0.05, 0) is 57.7 Å². The molecule has 2 aliphatic heterocycles. The third-order valence-electron chi connectivity index (χ3n) is 6.28. The molecule has 0 aliphatic carbocycles. The fourth-order valence-electron chi connectivity index (χ4n) is 3.85.